The van der Waals surface area contributed by atoms with Crippen molar-refractivity contribution >= 4 is 28.9 Å². The Morgan fingerprint density at radius 3 is 2.18 bits per heavy atom. The van der Waals surface area contributed by atoms with Crippen molar-refractivity contribution in [3.63, 3.8) is 0 Å². The number of halogens is 1. The first-order chi connectivity index (χ1) is 7.82. The third-order valence-electron chi connectivity index (χ3n) is 1.88. The van der Waals surface area contributed by atoms with E-state index in [1.54, 1.807) is 0 Å². The molecule has 90 valence electrons. The summed E-state index contributed by atoms with van der Waals surface area (Å²) in [6, 6.07) is 1.58. The van der Waals surface area contributed by atoms with Crippen molar-refractivity contribution in [2.75, 3.05) is 0 Å². The van der Waals surface area contributed by atoms with Gasteiger partial charge >= 0.3 is 5.97 Å². The van der Waals surface area contributed by atoms with Gasteiger partial charge in [-0.25, -0.2) is 0 Å². The number of nitro groups is 2. The molecule has 1 rings (SSSR count). The minimum absolute atomic E-state index is 0.182. The maximum atomic E-state index is 10.6. The first-order valence-corrected chi connectivity index (χ1v) is 4.53. The van der Waals surface area contributed by atoms with Gasteiger partial charge in [0.2, 0.25) is 0 Å². The Labute approximate surface area is 98.7 Å². The lowest BCUT2D eigenvalue weighted by atomic mass is 10.1. The number of carboxylic acid groups (broad SMARTS) is 1. The van der Waals surface area contributed by atoms with Crippen molar-refractivity contribution in [3.8, 4) is 0 Å². The number of rotatable bonds is 4. The molecule has 8 nitrogen and oxygen atoms in total. The smallest absolute Gasteiger partial charge is 0.308 e. The van der Waals surface area contributed by atoms with Gasteiger partial charge in [-0.1, -0.05) is 11.6 Å². The van der Waals surface area contributed by atoms with Gasteiger partial charge in [0, 0.05) is 5.56 Å². The number of aliphatic carboxylic acids is 1. The van der Waals surface area contributed by atoms with Crippen molar-refractivity contribution in [1.82, 2.24) is 0 Å². The summed E-state index contributed by atoms with van der Waals surface area (Å²) in [5.74, 6) is -1.29. The van der Waals surface area contributed by atoms with Crippen LogP contribution in [0.5, 0.6) is 0 Å². The fourth-order valence-electron chi connectivity index (χ4n) is 1.21. The van der Waals surface area contributed by atoms with Crippen LogP contribution in [0.3, 0.4) is 0 Å². The largest absolute Gasteiger partial charge is 0.481 e. The Kier molecular flexibility index (Phi) is 3.59. The highest BCUT2D eigenvalue weighted by atomic mass is 35.5. The lowest BCUT2D eigenvalue weighted by molar-refractivity contribution is -0.394. The Hall–Kier alpha value is -2.22. The Balaban J connectivity index is 3.40. The Bertz CT molecular complexity index is 515. The molecule has 0 heterocycles. The van der Waals surface area contributed by atoms with Gasteiger partial charge in [0.15, 0.2) is 0 Å². The van der Waals surface area contributed by atoms with Gasteiger partial charge in [-0.05, 0) is 6.07 Å². The molecule has 0 aromatic heterocycles. The molecule has 0 spiro atoms. The molecule has 0 aliphatic rings. The van der Waals surface area contributed by atoms with Crippen LogP contribution in [0.2, 0.25) is 5.02 Å². The zero-order valence-corrected chi connectivity index (χ0v) is 8.88. The molecule has 1 aromatic rings. The van der Waals surface area contributed by atoms with E-state index in [1.165, 1.54) is 0 Å². The van der Waals surface area contributed by atoms with E-state index < -0.39 is 33.6 Å². The van der Waals surface area contributed by atoms with Crippen molar-refractivity contribution in [2.24, 2.45) is 0 Å². The van der Waals surface area contributed by atoms with Crippen LogP contribution in [0.15, 0.2) is 12.1 Å². The van der Waals surface area contributed by atoms with Gasteiger partial charge in [-0.3, -0.25) is 25.0 Å². The normalized spacial score (nSPS) is 9.94. The number of hydrogen-bond acceptors (Lipinski definition) is 5. The lowest BCUT2D eigenvalue weighted by Gasteiger charge is -2.01. The first-order valence-electron chi connectivity index (χ1n) is 4.16. The van der Waals surface area contributed by atoms with Crippen LogP contribution in [-0.4, -0.2) is 20.9 Å². The second-order valence-corrected chi connectivity index (χ2v) is 3.42. The maximum Gasteiger partial charge on any atom is 0.308 e. The van der Waals surface area contributed by atoms with Gasteiger partial charge in [0.05, 0.1) is 22.3 Å². The number of carbonyl (C=O) groups is 1. The quantitative estimate of drug-likeness (QED) is 0.650. The van der Waals surface area contributed by atoms with Crippen molar-refractivity contribution in [2.45, 2.75) is 6.42 Å². The van der Waals surface area contributed by atoms with Crippen LogP contribution in [0, 0.1) is 20.2 Å². The van der Waals surface area contributed by atoms with Crippen LogP contribution in [0.4, 0.5) is 11.4 Å². The summed E-state index contributed by atoms with van der Waals surface area (Å²) in [6.45, 7) is 0. The minimum atomic E-state index is -1.29. The summed E-state index contributed by atoms with van der Waals surface area (Å²) in [7, 11) is 0. The third kappa shape index (κ3) is 2.88. The number of hydrogen-bond donors (Lipinski definition) is 1. The number of carboxylic acids is 1. The molecule has 0 radical (unpaired) electrons. The van der Waals surface area contributed by atoms with Crippen LogP contribution in [0.25, 0.3) is 0 Å². The fourth-order valence-corrected chi connectivity index (χ4v) is 1.46. The van der Waals surface area contributed by atoms with Crippen molar-refractivity contribution in [1.29, 1.82) is 0 Å². The molecule has 0 bridgehead atoms. The molecule has 0 amide bonds. The van der Waals surface area contributed by atoms with Gasteiger partial charge in [-0.15, -0.1) is 0 Å². The summed E-state index contributed by atoms with van der Waals surface area (Å²) in [6.07, 6.45) is -0.631. The van der Waals surface area contributed by atoms with Crippen LogP contribution in [0.1, 0.15) is 5.56 Å². The number of nitrogens with zero attached hydrogens (tertiary/aromatic N) is 2. The highest BCUT2D eigenvalue weighted by molar-refractivity contribution is 6.32. The highest BCUT2D eigenvalue weighted by Gasteiger charge is 2.24. The van der Waals surface area contributed by atoms with E-state index in [2.05, 4.69) is 0 Å². The molecule has 1 N–H and O–H groups in total. The van der Waals surface area contributed by atoms with Crippen molar-refractivity contribution in [3.05, 3.63) is 42.9 Å². The number of nitro benzene ring substituents is 2. The number of benzene rings is 1. The molecule has 0 atom stereocenters. The zero-order chi connectivity index (χ0) is 13.2. The van der Waals surface area contributed by atoms with Gasteiger partial charge in [0.25, 0.3) is 11.4 Å². The SMILES string of the molecule is O=C(O)Cc1cc(Cl)c([N+](=O)[O-])cc1[N+](=O)[O-]. The van der Waals surface area contributed by atoms with E-state index in [1.807, 2.05) is 0 Å². The highest BCUT2D eigenvalue weighted by Crippen LogP contribution is 2.32. The predicted molar refractivity (Wildman–Crippen MR) is 56.1 cm³/mol. The van der Waals surface area contributed by atoms with E-state index in [9.17, 15) is 25.0 Å². The predicted octanol–water partition coefficient (Wildman–Crippen LogP) is 1.78. The monoisotopic (exact) mass is 260 g/mol. The van der Waals surface area contributed by atoms with Crippen LogP contribution >= 0.6 is 11.6 Å². The average molecular weight is 261 g/mol. The topological polar surface area (TPSA) is 124 Å². The Morgan fingerprint density at radius 2 is 1.76 bits per heavy atom. The standard InChI is InChI=1S/C8H5ClN2O6/c9-5-1-4(2-8(12)13)6(10(14)15)3-7(5)11(16)17/h1,3H,2H2,(H,12,13). The molecule has 0 unspecified atom stereocenters. The van der Waals surface area contributed by atoms with E-state index in [0.29, 0.717) is 6.07 Å². The molecule has 0 saturated carbocycles. The molecule has 0 aliphatic carbocycles. The van der Waals surface area contributed by atoms with E-state index in [-0.39, 0.29) is 10.6 Å². The molecule has 0 aliphatic heterocycles. The second kappa shape index (κ2) is 4.74. The van der Waals surface area contributed by atoms with E-state index >= 15 is 0 Å². The molecule has 1 aromatic carbocycles. The molecule has 0 saturated heterocycles. The first kappa shape index (κ1) is 12.8. The van der Waals surface area contributed by atoms with Gasteiger partial charge < -0.3 is 5.11 Å². The average Bonchev–Trinajstić information content (AvgIpc) is 2.15. The molecular formula is C8H5ClN2O6. The third-order valence-corrected chi connectivity index (χ3v) is 2.19. The fraction of sp³-hybridized carbons (Fsp3) is 0.125. The van der Waals surface area contributed by atoms with E-state index in [0.717, 1.165) is 6.07 Å². The molecular weight excluding hydrogens is 256 g/mol. The summed E-state index contributed by atoms with van der Waals surface area (Å²) in [4.78, 5) is 29.9. The van der Waals surface area contributed by atoms with Gasteiger partial charge in [-0.2, -0.15) is 0 Å². The molecule has 17 heavy (non-hydrogen) atoms. The molecule has 9 heteroatoms. The van der Waals surface area contributed by atoms with Crippen LogP contribution in [-0.2, 0) is 11.2 Å². The summed E-state index contributed by atoms with van der Waals surface area (Å²) in [5.41, 5.74) is -1.45. The second-order valence-electron chi connectivity index (χ2n) is 3.02. The van der Waals surface area contributed by atoms with Crippen molar-refractivity contribution < 1.29 is 19.7 Å². The summed E-state index contributed by atoms with van der Waals surface area (Å²) >= 11 is 5.53. The summed E-state index contributed by atoms with van der Waals surface area (Å²) in [5, 5.41) is 29.4. The minimum Gasteiger partial charge on any atom is -0.481 e. The van der Waals surface area contributed by atoms with Crippen LogP contribution < -0.4 is 0 Å². The molecule has 0 fully saturated rings. The Morgan fingerprint density at radius 1 is 1.24 bits per heavy atom. The lowest BCUT2D eigenvalue weighted by Crippen LogP contribution is -2.05. The van der Waals surface area contributed by atoms with E-state index in [4.69, 9.17) is 16.7 Å². The zero-order valence-electron chi connectivity index (χ0n) is 8.12. The maximum absolute atomic E-state index is 10.6. The van der Waals surface area contributed by atoms with Gasteiger partial charge in [0.1, 0.15) is 5.02 Å². The summed E-state index contributed by atoms with van der Waals surface area (Å²) < 4.78 is 0.